The van der Waals surface area contributed by atoms with E-state index in [4.69, 9.17) is 9.26 Å². The molecule has 2 heterocycles. The van der Waals surface area contributed by atoms with Gasteiger partial charge >= 0.3 is 0 Å². The highest BCUT2D eigenvalue weighted by Crippen LogP contribution is 2.35. The van der Waals surface area contributed by atoms with E-state index in [2.05, 4.69) is 16.1 Å². The first kappa shape index (κ1) is 15.1. The van der Waals surface area contributed by atoms with Crippen molar-refractivity contribution in [3.8, 4) is 5.75 Å². The van der Waals surface area contributed by atoms with Crippen LogP contribution in [-0.2, 0) is 6.54 Å². The highest BCUT2D eigenvalue weighted by atomic mass is 16.5. The summed E-state index contributed by atoms with van der Waals surface area (Å²) in [5, 5.41) is 14.1. The molecule has 0 amide bonds. The lowest BCUT2D eigenvalue weighted by Gasteiger charge is -2.24. The van der Waals surface area contributed by atoms with Crippen LogP contribution in [0.25, 0.3) is 0 Å². The summed E-state index contributed by atoms with van der Waals surface area (Å²) in [5.74, 6) is 1.69. The van der Waals surface area contributed by atoms with Crippen molar-refractivity contribution in [1.29, 1.82) is 0 Å². The van der Waals surface area contributed by atoms with Gasteiger partial charge in [0, 0.05) is 24.7 Å². The molecule has 1 N–H and O–H groups in total. The number of likely N-dealkylation sites (tertiary alicyclic amines) is 1. The molecule has 0 radical (unpaired) electrons. The fourth-order valence-electron chi connectivity index (χ4n) is 3.18. The monoisotopic (exact) mass is 302 g/mol. The third kappa shape index (κ3) is 2.87. The van der Waals surface area contributed by atoms with Crippen LogP contribution in [0, 0.1) is 13.8 Å². The zero-order chi connectivity index (χ0) is 15.7. The van der Waals surface area contributed by atoms with Gasteiger partial charge in [-0.3, -0.25) is 4.90 Å². The van der Waals surface area contributed by atoms with Gasteiger partial charge in [0.2, 0.25) is 0 Å². The van der Waals surface area contributed by atoms with Gasteiger partial charge in [-0.25, -0.2) is 0 Å². The molecular formula is C17H22N2O3. The molecule has 1 aliphatic rings. The Hall–Kier alpha value is -1.85. The van der Waals surface area contributed by atoms with Crippen LogP contribution in [0.15, 0.2) is 28.8 Å². The van der Waals surface area contributed by atoms with Gasteiger partial charge in [-0.1, -0.05) is 17.3 Å². The Morgan fingerprint density at radius 1 is 1.41 bits per heavy atom. The molecular weight excluding hydrogens is 280 g/mol. The first-order valence-corrected chi connectivity index (χ1v) is 7.56. The number of hydrogen-bond acceptors (Lipinski definition) is 5. The number of hydrogen-bond donors (Lipinski definition) is 1. The summed E-state index contributed by atoms with van der Waals surface area (Å²) in [5.41, 5.74) is 3.20. The zero-order valence-corrected chi connectivity index (χ0v) is 13.2. The smallest absolute Gasteiger partial charge is 0.138 e. The Morgan fingerprint density at radius 3 is 2.91 bits per heavy atom. The molecule has 5 heteroatoms. The Kier molecular flexibility index (Phi) is 4.18. The lowest BCUT2D eigenvalue weighted by atomic mass is 10.0. The molecule has 3 rings (SSSR count). The van der Waals surface area contributed by atoms with Crippen LogP contribution < -0.4 is 4.74 Å². The summed E-state index contributed by atoms with van der Waals surface area (Å²) in [6.07, 6.45) is 0.424. The number of nitrogens with zero attached hydrogens (tertiary/aromatic N) is 2. The largest absolute Gasteiger partial charge is 0.497 e. The summed E-state index contributed by atoms with van der Waals surface area (Å²) < 4.78 is 10.6. The van der Waals surface area contributed by atoms with Crippen LogP contribution in [0.1, 0.15) is 35.0 Å². The van der Waals surface area contributed by atoms with Crippen molar-refractivity contribution in [2.75, 3.05) is 13.7 Å². The molecule has 1 saturated heterocycles. The van der Waals surface area contributed by atoms with Crippen LogP contribution in [0.3, 0.4) is 0 Å². The van der Waals surface area contributed by atoms with Gasteiger partial charge in [0.15, 0.2) is 0 Å². The van der Waals surface area contributed by atoms with Gasteiger partial charge < -0.3 is 14.4 Å². The van der Waals surface area contributed by atoms with Crippen LogP contribution in [-0.4, -0.2) is 34.9 Å². The minimum Gasteiger partial charge on any atom is -0.497 e. The highest BCUT2D eigenvalue weighted by Gasteiger charge is 2.33. The van der Waals surface area contributed by atoms with Gasteiger partial charge in [-0.05, 0) is 38.0 Å². The Balaban J connectivity index is 1.86. The normalized spacial score (nSPS) is 22.2. The standard InChI is InChI=1S/C17H22N2O3/c1-11-16(12(2)22-18-11)10-19-9-14(20)8-17(19)13-5-4-6-15(7-13)21-3/h4-7,14,17,20H,8-10H2,1-3H3/t14-,17-/m0/s1. The van der Waals surface area contributed by atoms with E-state index in [0.717, 1.165) is 35.7 Å². The molecule has 1 aromatic carbocycles. The first-order chi connectivity index (χ1) is 10.6. The lowest BCUT2D eigenvalue weighted by Crippen LogP contribution is -2.24. The number of aryl methyl sites for hydroxylation is 2. The Bertz CT molecular complexity index is 634. The SMILES string of the molecule is COc1cccc([C@@H]2C[C@H](O)CN2Cc2c(C)noc2C)c1. The van der Waals surface area contributed by atoms with Gasteiger partial charge in [0.1, 0.15) is 11.5 Å². The molecule has 2 aromatic rings. The zero-order valence-electron chi connectivity index (χ0n) is 13.2. The maximum Gasteiger partial charge on any atom is 0.138 e. The molecule has 0 bridgehead atoms. The fraction of sp³-hybridized carbons (Fsp3) is 0.471. The van der Waals surface area contributed by atoms with Crippen molar-refractivity contribution in [2.45, 2.75) is 39.0 Å². The number of methoxy groups -OCH3 is 1. The topological polar surface area (TPSA) is 58.7 Å². The predicted molar refractivity (Wildman–Crippen MR) is 82.7 cm³/mol. The highest BCUT2D eigenvalue weighted by molar-refractivity contribution is 5.32. The number of aliphatic hydroxyl groups is 1. The third-order valence-electron chi connectivity index (χ3n) is 4.40. The first-order valence-electron chi connectivity index (χ1n) is 7.56. The van der Waals surface area contributed by atoms with Crippen LogP contribution >= 0.6 is 0 Å². The molecule has 118 valence electrons. The number of β-amino-alcohol motifs (C(OH)–C–C–N with tert-alkyl or cyclic N) is 1. The number of ether oxygens (including phenoxy) is 1. The quantitative estimate of drug-likeness (QED) is 0.941. The number of aromatic nitrogens is 1. The maximum atomic E-state index is 10.1. The molecule has 0 unspecified atom stereocenters. The molecule has 2 atom stereocenters. The molecule has 0 saturated carbocycles. The number of benzene rings is 1. The van der Waals surface area contributed by atoms with E-state index in [1.165, 1.54) is 5.56 Å². The van der Waals surface area contributed by atoms with E-state index < -0.39 is 0 Å². The third-order valence-corrected chi connectivity index (χ3v) is 4.40. The lowest BCUT2D eigenvalue weighted by molar-refractivity contribution is 0.172. The predicted octanol–water partition coefficient (Wildman–Crippen LogP) is 2.61. The van der Waals surface area contributed by atoms with E-state index in [0.29, 0.717) is 6.54 Å². The second-order valence-electron chi connectivity index (χ2n) is 5.91. The van der Waals surface area contributed by atoms with E-state index in [1.807, 2.05) is 32.0 Å². The van der Waals surface area contributed by atoms with Crippen molar-refractivity contribution in [3.63, 3.8) is 0 Å². The van der Waals surface area contributed by atoms with Crippen LogP contribution in [0.4, 0.5) is 0 Å². The Morgan fingerprint density at radius 2 is 2.23 bits per heavy atom. The molecule has 22 heavy (non-hydrogen) atoms. The summed E-state index contributed by atoms with van der Waals surface area (Å²) in [7, 11) is 1.67. The second kappa shape index (κ2) is 6.10. The number of aliphatic hydroxyl groups excluding tert-OH is 1. The van der Waals surface area contributed by atoms with E-state index in [9.17, 15) is 5.11 Å². The van der Waals surface area contributed by atoms with Gasteiger partial charge in [-0.2, -0.15) is 0 Å². The molecule has 0 aliphatic carbocycles. The summed E-state index contributed by atoms with van der Waals surface area (Å²) in [6.45, 7) is 5.29. The van der Waals surface area contributed by atoms with Crippen molar-refractivity contribution in [3.05, 3.63) is 46.8 Å². The molecule has 1 fully saturated rings. The molecule has 1 aromatic heterocycles. The van der Waals surface area contributed by atoms with Crippen molar-refractivity contribution < 1.29 is 14.4 Å². The molecule has 5 nitrogen and oxygen atoms in total. The Labute approximate surface area is 130 Å². The van der Waals surface area contributed by atoms with Crippen molar-refractivity contribution in [1.82, 2.24) is 10.1 Å². The van der Waals surface area contributed by atoms with E-state index in [-0.39, 0.29) is 12.1 Å². The van der Waals surface area contributed by atoms with Gasteiger partial charge in [0.25, 0.3) is 0 Å². The van der Waals surface area contributed by atoms with Crippen LogP contribution in [0.2, 0.25) is 0 Å². The second-order valence-corrected chi connectivity index (χ2v) is 5.91. The van der Waals surface area contributed by atoms with E-state index in [1.54, 1.807) is 7.11 Å². The van der Waals surface area contributed by atoms with Gasteiger partial charge in [-0.15, -0.1) is 0 Å². The minimum atomic E-state index is -0.309. The molecule has 1 aliphatic heterocycles. The summed E-state index contributed by atoms with van der Waals surface area (Å²) >= 11 is 0. The number of rotatable bonds is 4. The average Bonchev–Trinajstić information content (AvgIpc) is 3.04. The minimum absolute atomic E-state index is 0.179. The summed E-state index contributed by atoms with van der Waals surface area (Å²) in [6, 6.07) is 8.24. The fourth-order valence-corrected chi connectivity index (χ4v) is 3.18. The maximum absolute atomic E-state index is 10.1. The molecule has 0 spiro atoms. The van der Waals surface area contributed by atoms with Crippen molar-refractivity contribution >= 4 is 0 Å². The van der Waals surface area contributed by atoms with Crippen LogP contribution in [0.5, 0.6) is 5.75 Å². The van der Waals surface area contributed by atoms with E-state index >= 15 is 0 Å². The summed E-state index contributed by atoms with van der Waals surface area (Å²) in [4.78, 5) is 2.28. The van der Waals surface area contributed by atoms with Crippen molar-refractivity contribution in [2.24, 2.45) is 0 Å². The average molecular weight is 302 g/mol. The van der Waals surface area contributed by atoms with Gasteiger partial charge in [0.05, 0.1) is 18.9 Å².